The maximum atomic E-state index is 13.3. The topological polar surface area (TPSA) is 106 Å². The first-order chi connectivity index (χ1) is 18.9. The second-order valence-electron chi connectivity index (χ2n) is 9.02. The molecule has 40 heavy (non-hydrogen) atoms. The van der Waals surface area contributed by atoms with E-state index in [1.807, 2.05) is 25.3 Å². The molecule has 0 unspecified atom stereocenters. The summed E-state index contributed by atoms with van der Waals surface area (Å²) in [4.78, 5) is 18.0. The molecule has 0 radical (unpaired) electrons. The fourth-order valence-electron chi connectivity index (χ4n) is 4.68. The number of hydrogen-bond acceptors (Lipinski definition) is 5. The number of nitrogens with one attached hydrogen (secondary N) is 2. The van der Waals surface area contributed by atoms with Gasteiger partial charge in [0, 0.05) is 34.1 Å². The average molecular weight is 642 g/mol. The number of imidazole rings is 1. The van der Waals surface area contributed by atoms with Crippen LogP contribution in [0.3, 0.4) is 0 Å². The molecule has 214 valence electrons. The van der Waals surface area contributed by atoms with E-state index in [-0.39, 0.29) is 23.7 Å². The van der Waals surface area contributed by atoms with Gasteiger partial charge < -0.3 is 14.3 Å². The van der Waals surface area contributed by atoms with Gasteiger partial charge in [0.1, 0.15) is 11.5 Å². The van der Waals surface area contributed by atoms with E-state index >= 15 is 0 Å². The lowest BCUT2D eigenvalue weighted by atomic mass is 10.0. The SMILES string of the molecule is CCCc1nc(CC)c(C(=O)NCC)n1Cc1c2ccocc-2c(Br)c1-c1ccccc1NS(=O)(=O)C(F)(F)F. The number of benzene rings is 1. The molecule has 1 aliphatic heterocycles. The van der Waals surface area contributed by atoms with Gasteiger partial charge in [-0.3, -0.25) is 9.52 Å². The minimum Gasteiger partial charge on any atom is -0.472 e. The number of alkyl halides is 3. The number of aromatic nitrogens is 2. The number of halogens is 4. The molecule has 8 nitrogen and oxygen atoms in total. The maximum absolute atomic E-state index is 13.3. The van der Waals surface area contributed by atoms with Crippen LogP contribution in [0, 0.1) is 0 Å². The van der Waals surface area contributed by atoms with E-state index in [1.165, 1.54) is 30.7 Å². The molecule has 2 N–H and O–H groups in total. The average Bonchev–Trinajstić information content (AvgIpc) is 3.39. The number of carbonyl (C=O) groups is 1. The summed E-state index contributed by atoms with van der Waals surface area (Å²) in [5, 5.41) is 2.85. The minimum atomic E-state index is -5.69. The van der Waals surface area contributed by atoms with Crippen LogP contribution in [0.5, 0.6) is 0 Å². The molecule has 1 aromatic carbocycles. The number of sulfonamides is 1. The van der Waals surface area contributed by atoms with Gasteiger partial charge >= 0.3 is 15.5 Å². The van der Waals surface area contributed by atoms with Gasteiger partial charge in [0.15, 0.2) is 0 Å². The molecular weight excluding hydrogens is 613 g/mol. The lowest BCUT2D eigenvalue weighted by Crippen LogP contribution is -2.30. The molecule has 0 fully saturated rings. The Hall–Kier alpha value is -3.32. The Kier molecular flexibility index (Phi) is 8.64. The van der Waals surface area contributed by atoms with Crippen molar-refractivity contribution in [2.24, 2.45) is 0 Å². The number of fused-ring (bicyclic) bond motifs is 1. The standard InChI is InChI=1S/C27H28BrF3N4O4S/c1-4-9-22-33-20(5-2)25(26(36)32-6-3)35(22)14-18-16-12-13-39-15-19(16)24(28)23(18)17-10-7-8-11-21(17)34-40(37,38)27(29,30)31/h7-8,10-13,15,34H,4-6,9,14H2,1-3H3,(H,32,36). The summed E-state index contributed by atoms with van der Waals surface area (Å²) in [6, 6.07) is 7.58. The Morgan fingerprint density at radius 1 is 1.10 bits per heavy atom. The number of carbonyl (C=O) groups excluding carboxylic acids is 1. The normalized spacial score (nSPS) is 12.2. The second-order valence-corrected chi connectivity index (χ2v) is 11.5. The summed E-state index contributed by atoms with van der Waals surface area (Å²) in [5.74, 6) is 0.419. The maximum Gasteiger partial charge on any atom is 0.516 e. The second kappa shape index (κ2) is 11.7. The molecule has 1 aromatic heterocycles. The van der Waals surface area contributed by atoms with Crippen molar-refractivity contribution in [2.45, 2.75) is 52.1 Å². The van der Waals surface area contributed by atoms with Crippen molar-refractivity contribution >= 4 is 37.5 Å². The third-order valence-electron chi connectivity index (χ3n) is 6.41. The highest BCUT2D eigenvalue weighted by Gasteiger charge is 2.46. The Balaban J connectivity index is 1.98. The Morgan fingerprint density at radius 2 is 1.82 bits per heavy atom. The van der Waals surface area contributed by atoms with E-state index in [1.54, 1.807) is 16.9 Å². The monoisotopic (exact) mass is 640 g/mol. The Labute approximate surface area is 238 Å². The van der Waals surface area contributed by atoms with Crippen molar-refractivity contribution in [3.05, 3.63) is 70.1 Å². The predicted octanol–water partition coefficient (Wildman–Crippen LogP) is 6.58. The molecule has 1 amide bonds. The van der Waals surface area contributed by atoms with Crippen LogP contribution in [0.1, 0.15) is 54.8 Å². The zero-order valence-electron chi connectivity index (χ0n) is 22.0. The van der Waals surface area contributed by atoms with Crippen LogP contribution in [0.2, 0.25) is 0 Å². The summed E-state index contributed by atoms with van der Waals surface area (Å²) >= 11 is 3.58. The number of para-hydroxylation sites is 1. The van der Waals surface area contributed by atoms with Crippen LogP contribution >= 0.6 is 15.9 Å². The van der Waals surface area contributed by atoms with Crippen molar-refractivity contribution in [3.63, 3.8) is 0 Å². The van der Waals surface area contributed by atoms with Gasteiger partial charge in [0.05, 0.1) is 30.5 Å². The van der Waals surface area contributed by atoms with Crippen LogP contribution in [-0.2, 0) is 29.4 Å². The van der Waals surface area contributed by atoms with Crippen molar-refractivity contribution < 1.29 is 30.8 Å². The number of amides is 1. The number of hydrogen-bond donors (Lipinski definition) is 2. The van der Waals surface area contributed by atoms with Gasteiger partial charge in [-0.1, -0.05) is 32.0 Å². The van der Waals surface area contributed by atoms with Crippen LogP contribution in [-0.4, -0.2) is 35.9 Å². The number of anilines is 1. The molecule has 0 saturated heterocycles. The Bertz CT molecular complexity index is 1610. The largest absolute Gasteiger partial charge is 0.516 e. The predicted molar refractivity (Wildman–Crippen MR) is 150 cm³/mol. The van der Waals surface area contributed by atoms with E-state index in [0.29, 0.717) is 57.8 Å². The lowest BCUT2D eigenvalue weighted by molar-refractivity contribution is -0.0429. The number of rotatable bonds is 10. The fourth-order valence-corrected chi connectivity index (χ4v) is 6.03. The van der Waals surface area contributed by atoms with Crippen molar-refractivity contribution in [2.75, 3.05) is 11.3 Å². The highest BCUT2D eigenvalue weighted by Crippen LogP contribution is 2.48. The van der Waals surface area contributed by atoms with Gasteiger partial charge in [-0.15, -0.1) is 0 Å². The summed E-state index contributed by atoms with van der Waals surface area (Å²) in [5.41, 5.74) is -2.00. The molecular formula is C27H28BrF3N4O4S. The van der Waals surface area contributed by atoms with Gasteiger partial charge in [-0.2, -0.15) is 21.6 Å². The third kappa shape index (κ3) is 5.49. The molecule has 0 bridgehead atoms. The molecule has 0 spiro atoms. The minimum absolute atomic E-state index is 0.149. The van der Waals surface area contributed by atoms with E-state index in [0.717, 1.165) is 12.0 Å². The molecule has 0 saturated carbocycles. The fraction of sp³-hybridized carbons (Fsp3) is 0.333. The molecule has 0 atom stereocenters. The summed E-state index contributed by atoms with van der Waals surface area (Å²) in [7, 11) is -5.69. The zero-order chi connectivity index (χ0) is 29.2. The molecule has 4 rings (SSSR count). The first-order valence-electron chi connectivity index (χ1n) is 12.7. The van der Waals surface area contributed by atoms with Gasteiger partial charge in [-0.05, 0) is 59.0 Å². The quantitative estimate of drug-likeness (QED) is 0.204. The van der Waals surface area contributed by atoms with Gasteiger partial charge in [0.2, 0.25) is 0 Å². The van der Waals surface area contributed by atoms with Crippen LogP contribution in [0.4, 0.5) is 18.9 Å². The van der Waals surface area contributed by atoms with Crippen molar-refractivity contribution in [3.8, 4) is 22.3 Å². The smallest absolute Gasteiger partial charge is 0.472 e. The van der Waals surface area contributed by atoms with Gasteiger partial charge in [0.25, 0.3) is 5.91 Å². The zero-order valence-corrected chi connectivity index (χ0v) is 24.4. The first kappa shape index (κ1) is 29.7. The van der Waals surface area contributed by atoms with E-state index < -0.39 is 15.5 Å². The van der Waals surface area contributed by atoms with E-state index in [4.69, 9.17) is 9.40 Å². The summed E-state index contributed by atoms with van der Waals surface area (Å²) in [6.45, 7) is 6.30. The van der Waals surface area contributed by atoms with Crippen molar-refractivity contribution in [1.82, 2.24) is 14.9 Å². The number of aryl methyl sites for hydroxylation is 2. The first-order valence-corrected chi connectivity index (χ1v) is 14.9. The Morgan fingerprint density at radius 3 is 2.48 bits per heavy atom. The molecule has 2 aromatic rings. The molecule has 2 heterocycles. The van der Waals surface area contributed by atoms with Gasteiger partial charge in [-0.25, -0.2) is 4.98 Å². The highest BCUT2D eigenvalue weighted by atomic mass is 79.9. The lowest BCUT2D eigenvalue weighted by Gasteiger charge is -2.17. The van der Waals surface area contributed by atoms with Crippen LogP contribution in [0.15, 0.2) is 51.7 Å². The van der Waals surface area contributed by atoms with Crippen LogP contribution in [0.25, 0.3) is 22.3 Å². The van der Waals surface area contributed by atoms with Crippen molar-refractivity contribution in [1.29, 1.82) is 0 Å². The molecule has 13 heteroatoms. The van der Waals surface area contributed by atoms with E-state index in [2.05, 4.69) is 21.2 Å². The number of nitrogens with zero attached hydrogens (tertiary/aromatic N) is 2. The summed E-state index contributed by atoms with van der Waals surface area (Å²) < 4.78 is 73.4. The molecule has 1 aliphatic carbocycles. The third-order valence-corrected chi connectivity index (χ3v) is 8.34. The summed E-state index contributed by atoms with van der Waals surface area (Å²) in [6.07, 6.45) is 4.86. The highest BCUT2D eigenvalue weighted by molar-refractivity contribution is 9.10. The van der Waals surface area contributed by atoms with Crippen LogP contribution < -0.4 is 10.0 Å². The van der Waals surface area contributed by atoms with E-state index in [9.17, 15) is 26.4 Å². The molecule has 2 aliphatic rings.